The zero-order chi connectivity index (χ0) is 33.9. The van der Waals surface area contributed by atoms with Gasteiger partial charge in [0.25, 0.3) is 10.1 Å². The van der Waals surface area contributed by atoms with Crippen LogP contribution in [0.2, 0.25) is 0 Å². The minimum absolute atomic E-state index is 0.211. The van der Waals surface area contributed by atoms with E-state index in [1.54, 1.807) is 13.8 Å². The Morgan fingerprint density at radius 1 is 0.854 bits per heavy atom. The average Bonchev–Trinajstić information content (AvgIpc) is 3.61. The van der Waals surface area contributed by atoms with Gasteiger partial charge in [0.2, 0.25) is 5.04 Å². The summed E-state index contributed by atoms with van der Waals surface area (Å²) in [5, 5.41) is 4.15. The van der Waals surface area contributed by atoms with Gasteiger partial charge in [-0.15, -0.1) is 11.8 Å². The van der Waals surface area contributed by atoms with E-state index in [0.717, 1.165) is 36.6 Å². The maximum absolute atomic E-state index is 12.3. The Kier molecular flexibility index (Phi) is 13.0. The quantitative estimate of drug-likeness (QED) is 0.117. The summed E-state index contributed by atoms with van der Waals surface area (Å²) in [7, 11) is -7.42. The topological polar surface area (TPSA) is 107 Å². The van der Waals surface area contributed by atoms with Crippen LogP contribution < -0.4 is 0 Å². The Bertz CT molecular complexity index is 1400. The summed E-state index contributed by atoms with van der Waals surface area (Å²) in [4.78, 5) is 2.52. The summed E-state index contributed by atoms with van der Waals surface area (Å²) >= 11 is 4.04. The number of rotatable bonds is 12. The van der Waals surface area contributed by atoms with E-state index in [2.05, 4.69) is 15.6 Å². The summed E-state index contributed by atoms with van der Waals surface area (Å²) < 4.78 is 63.9. The van der Waals surface area contributed by atoms with Crippen molar-refractivity contribution in [2.75, 3.05) is 19.7 Å². The molecule has 0 amide bonds. The summed E-state index contributed by atoms with van der Waals surface area (Å²) in [6.07, 6.45) is 24.8. The second-order valence-corrected chi connectivity index (χ2v) is 21.7. The fourth-order valence-corrected chi connectivity index (χ4v) is 14.0. The molecule has 0 aromatic rings. The zero-order valence-electron chi connectivity index (χ0n) is 29.3. The highest BCUT2D eigenvalue weighted by atomic mass is 32.2. The van der Waals surface area contributed by atoms with E-state index in [1.165, 1.54) is 118 Å². The molecular weight excluding hydrogens is 685 g/mol. The highest BCUT2D eigenvalue weighted by molar-refractivity contribution is 8.15. The molecule has 12 heteroatoms. The van der Waals surface area contributed by atoms with E-state index in [9.17, 15) is 21.7 Å². The number of hydrogen-bond acceptors (Lipinski definition) is 7. The van der Waals surface area contributed by atoms with E-state index < -0.39 is 25.5 Å². The van der Waals surface area contributed by atoms with Crippen LogP contribution in [0.5, 0.6) is 0 Å². The van der Waals surface area contributed by atoms with Gasteiger partial charge in [-0.05, 0) is 87.8 Å². The normalized spacial score (nSPS) is 35.0. The van der Waals surface area contributed by atoms with Crippen LogP contribution in [0.15, 0.2) is 11.1 Å². The molecule has 2 heterocycles. The monoisotopic (exact) mass is 745 g/mol. The predicted molar refractivity (Wildman–Crippen MR) is 202 cm³/mol. The van der Waals surface area contributed by atoms with E-state index in [1.807, 2.05) is 23.5 Å². The first-order valence-electron chi connectivity index (χ1n) is 19.1. The lowest BCUT2D eigenvalue weighted by Gasteiger charge is -2.40. The highest BCUT2D eigenvalue weighted by Gasteiger charge is 2.49. The van der Waals surface area contributed by atoms with Crippen LogP contribution in [0.3, 0.4) is 0 Å². The molecule has 4 aliphatic carbocycles. The first kappa shape index (κ1) is 37.5. The molecular formula is C36H61N2O6S4+. The van der Waals surface area contributed by atoms with Gasteiger partial charge in [0.1, 0.15) is 6.54 Å². The summed E-state index contributed by atoms with van der Waals surface area (Å²) in [5.74, 6) is 3.21. The molecule has 0 bridgehead atoms. The molecule has 2 aliphatic heterocycles. The van der Waals surface area contributed by atoms with Crippen molar-refractivity contribution in [3.63, 3.8) is 0 Å². The van der Waals surface area contributed by atoms with Gasteiger partial charge in [-0.25, -0.2) is 8.78 Å². The van der Waals surface area contributed by atoms with Crippen LogP contribution >= 0.6 is 23.5 Å². The smallest absolute Gasteiger partial charge is 0.267 e. The molecule has 0 radical (unpaired) electrons. The molecule has 274 valence electrons. The largest absolute Gasteiger partial charge is 0.360 e. The Balaban J connectivity index is 1.26. The van der Waals surface area contributed by atoms with Crippen molar-refractivity contribution in [1.29, 1.82) is 0 Å². The Morgan fingerprint density at radius 2 is 1.48 bits per heavy atom. The van der Waals surface area contributed by atoms with Crippen LogP contribution in [0, 0.1) is 23.7 Å². The van der Waals surface area contributed by atoms with Gasteiger partial charge in [-0.1, -0.05) is 64.2 Å². The molecule has 4 saturated carbocycles. The zero-order valence-corrected chi connectivity index (χ0v) is 32.5. The molecule has 2 N–H and O–H groups in total. The highest BCUT2D eigenvalue weighted by Crippen LogP contribution is 2.51. The maximum Gasteiger partial charge on any atom is 0.267 e. The molecule has 0 aromatic carbocycles. The Morgan fingerprint density at radius 3 is 2.10 bits per heavy atom. The van der Waals surface area contributed by atoms with Gasteiger partial charge >= 0.3 is 0 Å². The molecule has 6 aliphatic rings. The van der Waals surface area contributed by atoms with Crippen LogP contribution in [0.25, 0.3) is 0 Å². The molecule has 8 unspecified atom stereocenters. The molecule has 8 nitrogen and oxygen atoms in total. The van der Waals surface area contributed by atoms with Gasteiger partial charge in [0.15, 0.2) is 16.1 Å². The third-order valence-electron chi connectivity index (χ3n) is 12.8. The molecule has 0 spiro atoms. The van der Waals surface area contributed by atoms with Crippen molar-refractivity contribution >= 4 is 54.1 Å². The maximum atomic E-state index is 12.3. The van der Waals surface area contributed by atoms with Crippen molar-refractivity contribution in [1.82, 2.24) is 4.90 Å². The number of fused-ring (bicyclic) bond motifs is 2. The minimum atomic E-state index is -4.04. The van der Waals surface area contributed by atoms with Crippen molar-refractivity contribution in [2.45, 2.75) is 157 Å². The van der Waals surface area contributed by atoms with E-state index in [4.69, 9.17) is 4.18 Å². The lowest BCUT2D eigenvalue weighted by molar-refractivity contribution is -0.564. The average molecular weight is 746 g/mol. The minimum Gasteiger partial charge on any atom is -0.360 e. The molecule has 8 atom stereocenters. The van der Waals surface area contributed by atoms with Crippen molar-refractivity contribution < 1.29 is 30.5 Å². The Labute approximate surface area is 299 Å². The van der Waals surface area contributed by atoms with E-state index in [0.29, 0.717) is 35.5 Å². The van der Waals surface area contributed by atoms with Gasteiger partial charge in [-0.2, -0.15) is 8.42 Å². The van der Waals surface area contributed by atoms with E-state index >= 15 is 0 Å². The lowest BCUT2D eigenvalue weighted by atomic mass is 9.72. The summed E-state index contributed by atoms with van der Waals surface area (Å²) in [6.45, 7) is 4.80. The molecule has 5 fully saturated rings. The van der Waals surface area contributed by atoms with Gasteiger partial charge in [-0.3, -0.25) is 13.3 Å². The van der Waals surface area contributed by atoms with Crippen LogP contribution in [0.1, 0.15) is 129 Å². The molecule has 1 saturated heterocycles. The number of hydrogen-bond donors (Lipinski definition) is 2. The van der Waals surface area contributed by atoms with Crippen molar-refractivity contribution in [2.24, 2.45) is 23.7 Å². The second kappa shape index (κ2) is 16.6. The third kappa shape index (κ3) is 9.21. The van der Waals surface area contributed by atoms with Crippen LogP contribution in [-0.4, -0.2) is 89.1 Å². The molecule has 48 heavy (non-hydrogen) atoms. The molecule has 0 aromatic heterocycles. The first-order chi connectivity index (χ1) is 23.0. The van der Waals surface area contributed by atoms with Crippen molar-refractivity contribution in [3.05, 3.63) is 11.1 Å². The van der Waals surface area contributed by atoms with Crippen LogP contribution in [0.4, 0.5) is 0 Å². The predicted octanol–water partition coefficient (Wildman–Crippen LogP) is 7.84. The standard InChI is InChI=1S/C36H60N2O6S4/c1-3-47(39,40)44-22-21-38-32-24-30(28-14-8-5-9-15-28)17-19-34(32)46-36(38)25-35-37(20-10-11-26(2)48(41,42)43)31-23-29(16-18-33(31)45-35)27-12-6-4-7-13-27/h3,25-34H,4-24H2,1-2H3,(H-,39,40,41,42,43)/p+1. The summed E-state index contributed by atoms with van der Waals surface area (Å²) in [5.41, 5.74) is 0. The number of thioether (sulfide) groups is 2. The van der Waals surface area contributed by atoms with Gasteiger partial charge in [0, 0.05) is 42.1 Å². The number of nitrogens with zero attached hydrogens (tertiary/aromatic N) is 2. The Hall–Kier alpha value is -0.240. The van der Waals surface area contributed by atoms with Crippen molar-refractivity contribution in [3.8, 4) is 0 Å². The van der Waals surface area contributed by atoms with Gasteiger partial charge in [0.05, 0.1) is 22.1 Å². The fourth-order valence-electron chi connectivity index (χ4n) is 9.98. The molecule has 6 rings (SSSR count). The summed E-state index contributed by atoms with van der Waals surface area (Å²) in [6, 6.07) is 0.878. The van der Waals surface area contributed by atoms with Crippen LogP contribution in [-0.2, 0) is 24.4 Å². The fraction of sp³-hybridized carbons (Fsp3) is 0.889. The second-order valence-electron chi connectivity index (χ2n) is 15.6. The lowest BCUT2D eigenvalue weighted by Crippen LogP contribution is -2.42. The first-order valence-corrected chi connectivity index (χ1v) is 23.9. The third-order valence-corrected chi connectivity index (χ3v) is 18.0. The van der Waals surface area contributed by atoms with Gasteiger partial charge < -0.3 is 4.90 Å². The van der Waals surface area contributed by atoms with E-state index in [-0.39, 0.29) is 6.61 Å². The SMILES string of the molecule is CC=S(=O)(O)OCCN1C(=CC2=[N+](CCCC(C)S(=O)(=O)O)C3CC(C4CCCCC4)CCC3S2)SC2CCC(C3CCCCC3)CC21.